The third-order valence-corrected chi connectivity index (χ3v) is 6.39. The van der Waals surface area contributed by atoms with Crippen LogP contribution < -0.4 is 10.6 Å². The van der Waals surface area contributed by atoms with Crippen LogP contribution in [0.3, 0.4) is 0 Å². The number of hydrogen-bond donors (Lipinski definition) is 2. The van der Waals surface area contributed by atoms with E-state index < -0.39 is 6.04 Å². The molecule has 0 saturated carbocycles. The van der Waals surface area contributed by atoms with Crippen LogP contribution in [0.15, 0.2) is 59.8 Å². The zero-order valence-corrected chi connectivity index (χ0v) is 19.6. The normalized spacial score (nSPS) is 17.8. The molecule has 0 unspecified atom stereocenters. The molecule has 4 amide bonds. The van der Waals surface area contributed by atoms with Gasteiger partial charge in [0, 0.05) is 36.1 Å². The molecular weight excluding hydrogens is 463 g/mol. The Morgan fingerprint density at radius 2 is 1.91 bits per heavy atom. The van der Waals surface area contributed by atoms with Crippen molar-refractivity contribution in [2.75, 3.05) is 19.6 Å². The average Bonchev–Trinajstić information content (AvgIpc) is 3.12. The highest BCUT2D eigenvalue weighted by Crippen LogP contribution is 2.39. The summed E-state index contributed by atoms with van der Waals surface area (Å²) in [7, 11) is 0. The molecule has 1 atom stereocenters. The largest absolute Gasteiger partial charge is 0.352 e. The highest BCUT2D eigenvalue weighted by molar-refractivity contribution is 6.35. The predicted molar refractivity (Wildman–Crippen MR) is 127 cm³/mol. The molecule has 2 aromatic rings. The summed E-state index contributed by atoms with van der Waals surface area (Å²) < 4.78 is 0. The molecule has 2 aliphatic rings. The quantitative estimate of drug-likeness (QED) is 0.622. The molecule has 9 heteroatoms. The van der Waals surface area contributed by atoms with Crippen LogP contribution in [-0.2, 0) is 16.1 Å². The van der Waals surface area contributed by atoms with Gasteiger partial charge in [0.25, 0.3) is 5.91 Å². The SMILES string of the molecule is CCN1C(=O)N[C@@H](c2ccc(Cl)cc2Cl)C2=C1CN(CCC(=O)NCc1ccccc1)C2=O. The van der Waals surface area contributed by atoms with Crippen LogP contribution in [0, 0.1) is 0 Å². The van der Waals surface area contributed by atoms with E-state index in [1.807, 2.05) is 37.3 Å². The second-order valence-electron chi connectivity index (χ2n) is 7.89. The molecule has 0 fully saturated rings. The van der Waals surface area contributed by atoms with Gasteiger partial charge in [-0.15, -0.1) is 0 Å². The minimum absolute atomic E-state index is 0.143. The molecule has 7 nitrogen and oxygen atoms in total. The van der Waals surface area contributed by atoms with Crippen LogP contribution in [0.5, 0.6) is 0 Å². The van der Waals surface area contributed by atoms with E-state index in [1.165, 1.54) is 0 Å². The van der Waals surface area contributed by atoms with E-state index in [4.69, 9.17) is 23.2 Å². The Hall–Kier alpha value is -3.03. The van der Waals surface area contributed by atoms with Crippen molar-refractivity contribution in [3.63, 3.8) is 0 Å². The Morgan fingerprint density at radius 1 is 1.15 bits per heavy atom. The van der Waals surface area contributed by atoms with Gasteiger partial charge >= 0.3 is 6.03 Å². The van der Waals surface area contributed by atoms with Gasteiger partial charge in [-0.25, -0.2) is 4.79 Å². The van der Waals surface area contributed by atoms with Gasteiger partial charge in [-0.3, -0.25) is 14.5 Å². The van der Waals surface area contributed by atoms with Gasteiger partial charge in [0.1, 0.15) is 0 Å². The zero-order valence-electron chi connectivity index (χ0n) is 18.1. The van der Waals surface area contributed by atoms with E-state index in [2.05, 4.69) is 10.6 Å². The third kappa shape index (κ3) is 4.84. The van der Waals surface area contributed by atoms with Gasteiger partial charge in [-0.1, -0.05) is 59.6 Å². The Bertz CT molecular complexity index is 1120. The van der Waals surface area contributed by atoms with E-state index in [0.717, 1.165) is 5.56 Å². The number of likely N-dealkylation sites (N-methyl/N-ethyl adjacent to an activating group) is 1. The summed E-state index contributed by atoms with van der Waals surface area (Å²) in [6.45, 7) is 3.22. The molecule has 172 valence electrons. The second-order valence-corrected chi connectivity index (χ2v) is 8.74. The first-order chi connectivity index (χ1) is 15.9. The summed E-state index contributed by atoms with van der Waals surface area (Å²) >= 11 is 12.4. The van der Waals surface area contributed by atoms with Crippen molar-refractivity contribution >= 4 is 41.0 Å². The van der Waals surface area contributed by atoms with Crippen molar-refractivity contribution in [2.45, 2.75) is 25.9 Å². The van der Waals surface area contributed by atoms with Crippen LogP contribution >= 0.6 is 23.2 Å². The summed E-state index contributed by atoms with van der Waals surface area (Å²) in [5.74, 6) is -0.356. The minimum Gasteiger partial charge on any atom is -0.352 e. The van der Waals surface area contributed by atoms with Gasteiger partial charge < -0.3 is 15.5 Å². The molecule has 33 heavy (non-hydrogen) atoms. The molecule has 0 aromatic heterocycles. The predicted octanol–water partition coefficient (Wildman–Crippen LogP) is 3.88. The van der Waals surface area contributed by atoms with Crippen LogP contribution in [0.2, 0.25) is 10.0 Å². The number of amides is 4. The fourth-order valence-corrected chi connectivity index (χ4v) is 4.67. The molecule has 0 radical (unpaired) electrons. The van der Waals surface area contributed by atoms with Crippen molar-refractivity contribution in [3.05, 3.63) is 81.0 Å². The minimum atomic E-state index is -0.676. The van der Waals surface area contributed by atoms with Crippen molar-refractivity contribution < 1.29 is 14.4 Å². The third-order valence-electron chi connectivity index (χ3n) is 5.83. The average molecular weight is 487 g/mol. The molecular formula is C24H24Cl2N4O3. The van der Waals surface area contributed by atoms with Crippen molar-refractivity contribution in [1.82, 2.24) is 20.4 Å². The monoisotopic (exact) mass is 486 g/mol. The zero-order chi connectivity index (χ0) is 23.5. The summed E-state index contributed by atoms with van der Waals surface area (Å²) in [5, 5.41) is 6.61. The number of rotatable bonds is 7. The molecule has 4 rings (SSSR count). The van der Waals surface area contributed by atoms with E-state index in [0.29, 0.717) is 40.0 Å². The van der Waals surface area contributed by atoms with Crippen LogP contribution in [0.25, 0.3) is 0 Å². The number of hydrogen-bond acceptors (Lipinski definition) is 3. The highest BCUT2D eigenvalue weighted by atomic mass is 35.5. The summed E-state index contributed by atoms with van der Waals surface area (Å²) in [5.41, 5.74) is 2.73. The van der Waals surface area contributed by atoms with Crippen LogP contribution in [0.1, 0.15) is 30.5 Å². The smallest absolute Gasteiger partial charge is 0.322 e. The number of benzene rings is 2. The number of nitrogens with one attached hydrogen (secondary N) is 2. The summed E-state index contributed by atoms with van der Waals surface area (Å²) in [6, 6.07) is 13.6. The fourth-order valence-electron chi connectivity index (χ4n) is 4.15. The topological polar surface area (TPSA) is 81.8 Å². The maximum atomic E-state index is 13.4. The van der Waals surface area contributed by atoms with E-state index in [1.54, 1.807) is 28.0 Å². The Kier molecular flexibility index (Phi) is 6.91. The maximum absolute atomic E-state index is 13.4. The lowest BCUT2D eigenvalue weighted by atomic mass is 9.95. The molecule has 0 aliphatic carbocycles. The lowest BCUT2D eigenvalue weighted by Crippen LogP contribution is -2.47. The van der Waals surface area contributed by atoms with Crippen molar-refractivity contribution in [3.8, 4) is 0 Å². The number of carbonyl (C=O) groups is 3. The van der Waals surface area contributed by atoms with Crippen molar-refractivity contribution in [2.24, 2.45) is 0 Å². The van der Waals surface area contributed by atoms with Crippen molar-refractivity contribution in [1.29, 1.82) is 0 Å². The van der Waals surface area contributed by atoms with Crippen LogP contribution in [-0.4, -0.2) is 47.3 Å². The first-order valence-electron chi connectivity index (χ1n) is 10.7. The van der Waals surface area contributed by atoms with Gasteiger partial charge in [0.2, 0.25) is 5.91 Å². The first kappa shape index (κ1) is 23.1. The Balaban J connectivity index is 1.48. The summed E-state index contributed by atoms with van der Waals surface area (Å²) in [6.07, 6.45) is 0.166. The van der Waals surface area contributed by atoms with Gasteiger partial charge in [-0.05, 0) is 30.2 Å². The van der Waals surface area contributed by atoms with E-state index in [-0.39, 0.29) is 37.4 Å². The molecule has 0 spiro atoms. The van der Waals surface area contributed by atoms with Gasteiger partial charge in [0.15, 0.2) is 0 Å². The number of carbonyl (C=O) groups excluding carboxylic acids is 3. The lowest BCUT2D eigenvalue weighted by molar-refractivity contribution is -0.127. The summed E-state index contributed by atoms with van der Waals surface area (Å²) in [4.78, 5) is 41.6. The highest BCUT2D eigenvalue weighted by Gasteiger charge is 2.44. The van der Waals surface area contributed by atoms with Gasteiger partial charge in [-0.2, -0.15) is 0 Å². The number of halogens is 2. The number of nitrogens with zero attached hydrogens (tertiary/aromatic N) is 2. The first-order valence-corrected chi connectivity index (χ1v) is 11.5. The van der Waals surface area contributed by atoms with E-state index in [9.17, 15) is 14.4 Å². The lowest BCUT2D eigenvalue weighted by Gasteiger charge is -2.33. The van der Waals surface area contributed by atoms with E-state index >= 15 is 0 Å². The van der Waals surface area contributed by atoms with Gasteiger partial charge in [0.05, 0.1) is 23.9 Å². The Labute approximate surface area is 202 Å². The molecule has 0 bridgehead atoms. The standard InChI is InChI=1S/C24H24Cl2N4O3/c1-2-30-19-14-29(11-10-20(31)27-13-15-6-4-3-5-7-15)23(32)21(19)22(28-24(30)33)17-9-8-16(25)12-18(17)26/h3-9,12,22H,2,10-11,13-14H2,1H3,(H,27,31)(H,28,33)/t22-/m0/s1. The number of urea groups is 1. The molecule has 0 saturated heterocycles. The fraction of sp³-hybridized carbons (Fsp3) is 0.292. The maximum Gasteiger partial charge on any atom is 0.322 e. The molecule has 2 heterocycles. The second kappa shape index (κ2) is 9.85. The molecule has 2 aliphatic heterocycles. The Morgan fingerprint density at radius 3 is 2.61 bits per heavy atom. The molecule has 2 aromatic carbocycles. The van der Waals surface area contributed by atoms with Crippen LogP contribution in [0.4, 0.5) is 4.79 Å². The molecule has 2 N–H and O–H groups in total.